The monoisotopic (exact) mass is 252 g/mol. The first-order chi connectivity index (χ1) is 8.43. The Kier molecular flexibility index (Phi) is 5.76. The van der Waals surface area contributed by atoms with E-state index in [2.05, 4.69) is 38.3 Å². The zero-order valence-corrected chi connectivity index (χ0v) is 11.9. The highest BCUT2D eigenvalue weighted by atomic mass is 19.1. The summed E-state index contributed by atoms with van der Waals surface area (Å²) in [7, 11) is 0. The van der Waals surface area contributed by atoms with E-state index >= 15 is 0 Å². The molecular weight excluding hydrogens is 227 g/mol. The topological polar surface area (TPSA) is 24.1 Å². The fourth-order valence-corrected chi connectivity index (χ4v) is 1.96. The maximum absolute atomic E-state index is 13.7. The van der Waals surface area contributed by atoms with Gasteiger partial charge in [-0.15, -0.1) is 0 Å². The van der Waals surface area contributed by atoms with Crippen molar-refractivity contribution in [2.45, 2.75) is 39.2 Å². The van der Waals surface area contributed by atoms with Crippen LogP contribution >= 0.6 is 0 Å². The van der Waals surface area contributed by atoms with E-state index in [0.717, 1.165) is 25.2 Å². The van der Waals surface area contributed by atoms with Crippen LogP contribution in [-0.4, -0.2) is 25.7 Å². The summed E-state index contributed by atoms with van der Waals surface area (Å²) in [6.45, 7) is 11.0. The third kappa shape index (κ3) is 4.75. The van der Waals surface area contributed by atoms with Crippen molar-refractivity contribution in [3.8, 4) is 0 Å². The van der Waals surface area contributed by atoms with Crippen molar-refractivity contribution in [3.05, 3.63) is 35.6 Å². The van der Waals surface area contributed by atoms with Gasteiger partial charge in [0.05, 0.1) is 0 Å². The molecule has 0 aliphatic carbocycles. The molecule has 102 valence electrons. The molecule has 0 radical (unpaired) electrons. The summed E-state index contributed by atoms with van der Waals surface area (Å²) in [5, 5.41) is 6.72. The summed E-state index contributed by atoms with van der Waals surface area (Å²) < 4.78 is 13.7. The standard InChI is InChI=1S/C15H25FN2/c1-12(2)18-10-9-17-11-15(3,4)13-7-5-6-8-14(13)16/h5-8,12,17-18H,9-11H2,1-4H3. The lowest BCUT2D eigenvalue weighted by atomic mass is 9.84. The van der Waals surface area contributed by atoms with Gasteiger partial charge in [0, 0.05) is 31.1 Å². The third-order valence-corrected chi connectivity index (χ3v) is 3.02. The zero-order chi connectivity index (χ0) is 13.6. The fraction of sp³-hybridized carbons (Fsp3) is 0.600. The number of benzene rings is 1. The van der Waals surface area contributed by atoms with E-state index in [0.29, 0.717) is 6.04 Å². The lowest BCUT2D eigenvalue weighted by molar-refractivity contribution is 0.438. The number of hydrogen-bond acceptors (Lipinski definition) is 2. The summed E-state index contributed by atoms with van der Waals surface area (Å²) in [5.41, 5.74) is 0.581. The molecule has 2 nitrogen and oxygen atoms in total. The van der Waals surface area contributed by atoms with E-state index < -0.39 is 0 Å². The van der Waals surface area contributed by atoms with Gasteiger partial charge in [0.25, 0.3) is 0 Å². The van der Waals surface area contributed by atoms with Crippen LogP contribution in [0, 0.1) is 5.82 Å². The van der Waals surface area contributed by atoms with E-state index in [1.807, 2.05) is 12.1 Å². The Hall–Kier alpha value is -0.930. The van der Waals surface area contributed by atoms with E-state index in [-0.39, 0.29) is 11.2 Å². The molecule has 1 rings (SSSR count). The van der Waals surface area contributed by atoms with Crippen molar-refractivity contribution in [2.24, 2.45) is 0 Å². The lowest BCUT2D eigenvalue weighted by Crippen LogP contribution is -2.38. The molecule has 0 aliphatic heterocycles. The summed E-state index contributed by atoms with van der Waals surface area (Å²) >= 11 is 0. The molecule has 0 aliphatic rings. The molecule has 0 atom stereocenters. The fourth-order valence-electron chi connectivity index (χ4n) is 1.96. The Morgan fingerprint density at radius 3 is 2.44 bits per heavy atom. The number of hydrogen-bond donors (Lipinski definition) is 2. The second-order valence-electron chi connectivity index (χ2n) is 5.65. The van der Waals surface area contributed by atoms with Crippen LogP contribution in [0.25, 0.3) is 0 Å². The van der Waals surface area contributed by atoms with Crippen molar-refractivity contribution >= 4 is 0 Å². The van der Waals surface area contributed by atoms with E-state index in [1.54, 1.807) is 6.07 Å². The zero-order valence-electron chi connectivity index (χ0n) is 11.9. The van der Waals surface area contributed by atoms with Crippen LogP contribution < -0.4 is 10.6 Å². The predicted molar refractivity (Wildman–Crippen MR) is 75.4 cm³/mol. The Labute approximate surface area is 110 Å². The number of nitrogens with one attached hydrogen (secondary N) is 2. The molecule has 1 aromatic rings. The largest absolute Gasteiger partial charge is 0.315 e. The second-order valence-corrected chi connectivity index (χ2v) is 5.65. The van der Waals surface area contributed by atoms with E-state index in [4.69, 9.17) is 0 Å². The van der Waals surface area contributed by atoms with Crippen LogP contribution in [0.1, 0.15) is 33.3 Å². The van der Waals surface area contributed by atoms with Crippen LogP contribution in [0.3, 0.4) is 0 Å². The van der Waals surface area contributed by atoms with Crippen LogP contribution in [0.5, 0.6) is 0 Å². The van der Waals surface area contributed by atoms with E-state index in [1.165, 1.54) is 6.07 Å². The van der Waals surface area contributed by atoms with Gasteiger partial charge in [-0.25, -0.2) is 4.39 Å². The molecule has 0 saturated carbocycles. The van der Waals surface area contributed by atoms with E-state index in [9.17, 15) is 4.39 Å². The molecule has 0 amide bonds. The molecule has 0 saturated heterocycles. The van der Waals surface area contributed by atoms with Gasteiger partial charge in [-0.1, -0.05) is 45.9 Å². The number of rotatable bonds is 7. The average Bonchev–Trinajstić information content (AvgIpc) is 2.28. The molecule has 3 heteroatoms. The molecule has 0 unspecified atom stereocenters. The minimum atomic E-state index is -0.191. The minimum Gasteiger partial charge on any atom is -0.315 e. The van der Waals surface area contributed by atoms with Crippen molar-refractivity contribution in [1.29, 1.82) is 0 Å². The molecule has 18 heavy (non-hydrogen) atoms. The summed E-state index contributed by atoms with van der Waals surface area (Å²) in [6.07, 6.45) is 0. The average molecular weight is 252 g/mol. The van der Waals surface area contributed by atoms with Gasteiger partial charge in [-0.2, -0.15) is 0 Å². The first-order valence-electron chi connectivity index (χ1n) is 6.62. The molecule has 0 aromatic heterocycles. The highest BCUT2D eigenvalue weighted by Gasteiger charge is 2.23. The third-order valence-electron chi connectivity index (χ3n) is 3.02. The summed E-state index contributed by atoms with van der Waals surface area (Å²) in [4.78, 5) is 0. The van der Waals surface area contributed by atoms with Crippen molar-refractivity contribution in [1.82, 2.24) is 10.6 Å². The van der Waals surface area contributed by atoms with Gasteiger partial charge in [0.15, 0.2) is 0 Å². The SMILES string of the molecule is CC(C)NCCNCC(C)(C)c1ccccc1F. The van der Waals surface area contributed by atoms with Gasteiger partial charge < -0.3 is 10.6 Å². The lowest BCUT2D eigenvalue weighted by Gasteiger charge is -2.26. The van der Waals surface area contributed by atoms with Crippen LogP contribution in [0.2, 0.25) is 0 Å². The molecule has 0 bridgehead atoms. The first-order valence-corrected chi connectivity index (χ1v) is 6.62. The quantitative estimate of drug-likeness (QED) is 0.729. The van der Waals surface area contributed by atoms with Crippen LogP contribution in [-0.2, 0) is 5.41 Å². The molecular formula is C15H25FN2. The van der Waals surface area contributed by atoms with Gasteiger partial charge in [0.1, 0.15) is 5.82 Å². The van der Waals surface area contributed by atoms with Crippen molar-refractivity contribution in [3.63, 3.8) is 0 Å². The summed E-state index contributed by atoms with van der Waals surface area (Å²) in [5.74, 6) is -0.121. The Morgan fingerprint density at radius 1 is 1.17 bits per heavy atom. The van der Waals surface area contributed by atoms with Gasteiger partial charge in [-0.3, -0.25) is 0 Å². The van der Waals surface area contributed by atoms with Gasteiger partial charge in [-0.05, 0) is 11.6 Å². The Bertz CT molecular complexity index is 361. The van der Waals surface area contributed by atoms with Gasteiger partial charge >= 0.3 is 0 Å². The maximum Gasteiger partial charge on any atom is 0.126 e. The first kappa shape index (κ1) is 15.1. The van der Waals surface area contributed by atoms with Crippen molar-refractivity contribution in [2.75, 3.05) is 19.6 Å². The molecule has 0 spiro atoms. The molecule has 0 heterocycles. The van der Waals surface area contributed by atoms with Gasteiger partial charge in [0.2, 0.25) is 0 Å². The smallest absolute Gasteiger partial charge is 0.126 e. The van der Waals surface area contributed by atoms with Crippen LogP contribution in [0.15, 0.2) is 24.3 Å². The Balaban J connectivity index is 2.43. The summed E-state index contributed by atoms with van der Waals surface area (Å²) in [6, 6.07) is 7.52. The minimum absolute atomic E-state index is 0.121. The molecule has 0 fully saturated rings. The maximum atomic E-state index is 13.7. The predicted octanol–water partition coefficient (Wildman–Crippen LogP) is 2.69. The van der Waals surface area contributed by atoms with Crippen molar-refractivity contribution < 1.29 is 4.39 Å². The molecule has 1 aromatic carbocycles. The molecule has 2 N–H and O–H groups in total. The van der Waals surface area contributed by atoms with Crippen LogP contribution in [0.4, 0.5) is 4.39 Å². The Morgan fingerprint density at radius 2 is 1.83 bits per heavy atom. The highest BCUT2D eigenvalue weighted by molar-refractivity contribution is 5.25. The normalized spacial score (nSPS) is 12.1. The number of halogens is 1. The second kappa shape index (κ2) is 6.86. The highest BCUT2D eigenvalue weighted by Crippen LogP contribution is 2.24.